The smallest absolute Gasteiger partial charge is 0.305 e. The Bertz CT molecular complexity index is 659. The van der Waals surface area contributed by atoms with Crippen molar-refractivity contribution in [2.24, 2.45) is 5.41 Å². The average Bonchev–Trinajstić information content (AvgIpc) is 2.52. The summed E-state index contributed by atoms with van der Waals surface area (Å²) in [4.78, 5) is 14.1. The topological polar surface area (TPSA) is 37.8 Å². The standard InChI is InChI=1S/C13H15F3N2O/c1-12(2,3)7-18-9-6-4-5-8(13(14,15)16)10(9)17-11(18)19/h4-6H,7H2,1-3H3,(H,17,19). The lowest BCUT2D eigenvalue weighted by atomic mass is 9.97. The van der Waals surface area contributed by atoms with Gasteiger partial charge in [0.15, 0.2) is 0 Å². The lowest BCUT2D eigenvalue weighted by Crippen LogP contribution is -2.24. The molecule has 0 radical (unpaired) electrons. The highest BCUT2D eigenvalue weighted by atomic mass is 19.4. The van der Waals surface area contributed by atoms with Crippen LogP contribution >= 0.6 is 0 Å². The minimum absolute atomic E-state index is 0.149. The van der Waals surface area contributed by atoms with Crippen LogP contribution in [0.5, 0.6) is 0 Å². The number of benzene rings is 1. The van der Waals surface area contributed by atoms with Gasteiger partial charge in [-0.25, -0.2) is 4.79 Å². The Kier molecular flexibility index (Phi) is 2.99. The molecule has 6 heteroatoms. The van der Waals surface area contributed by atoms with E-state index in [9.17, 15) is 18.0 Å². The highest BCUT2D eigenvalue weighted by Gasteiger charge is 2.34. The van der Waals surface area contributed by atoms with E-state index in [1.54, 1.807) is 0 Å². The van der Waals surface area contributed by atoms with Gasteiger partial charge in [0, 0.05) is 6.54 Å². The average molecular weight is 272 g/mol. The van der Waals surface area contributed by atoms with Crippen molar-refractivity contribution < 1.29 is 13.2 Å². The van der Waals surface area contributed by atoms with Gasteiger partial charge in [0.1, 0.15) is 0 Å². The summed E-state index contributed by atoms with van der Waals surface area (Å²) in [7, 11) is 0. The molecule has 1 N–H and O–H groups in total. The molecular weight excluding hydrogens is 257 g/mol. The van der Waals surface area contributed by atoms with Crippen LogP contribution in [0.15, 0.2) is 23.0 Å². The number of aromatic nitrogens is 2. The van der Waals surface area contributed by atoms with Gasteiger partial charge >= 0.3 is 11.9 Å². The summed E-state index contributed by atoms with van der Waals surface area (Å²) in [5.41, 5.74) is -1.39. The van der Waals surface area contributed by atoms with Crippen molar-refractivity contribution in [3.63, 3.8) is 0 Å². The van der Waals surface area contributed by atoms with E-state index in [1.165, 1.54) is 16.7 Å². The summed E-state index contributed by atoms with van der Waals surface area (Å²) in [6.45, 7) is 6.12. The Morgan fingerprint density at radius 2 is 1.84 bits per heavy atom. The quantitative estimate of drug-likeness (QED) is 0.849. The molecule has 0 saturated carbocycles. The molecule has 104 valence electrons. The minimum atomic E-state index is -4.48. The minimum Gasteiger partial charge on any atom is -0.305 e. The van der Waals surface area contributed by atoms with Gasteiger partial charge < -0.3 is 4.98 Å². The highest BCUT2D eigenvalue weighted by molar-refractivity contribution is 5.79. The number of aromatic amines is 1. The Balaban J connectivity index is 2.70. The largest absolute Gasteiger partial charge is 0.418 e. The molecule has 2 aromatic rings. The number of para-hydroxylation sites is 1. The molecule has 0 unspecified atom stereocenters. The zero-order chi connectivity index (χ0) is 14.4. The summed E-state index contributed by atoms with van der Waals surface area (Å²) < 4.78 is 39.9. The summed E-state index contributed by atoms with van der Waals surface area (Å²) >= 11 is 0. The highest BCUT2D eigenvalue weighted by Crippen LogP contribution is 2.33. The van der Waals surface area contributed by atoms with E-state index in [0.717, 1.165) is 6.07 Å². The number of halogens is 3. The molecule has 0 saturated heterocycles. The van der Waals surface area contributed by atoms with Crippen LogP contribution in [-0.4, -0.2) is 9.55 Å². The fourth-order valence-electron chi connectivity index (χ4n) is 2.05. The lowest BCUT2D eigenvalue weighted by Gasteiger charge is -2.18. The van der Waals surface area contributed by atoms with E-state index in [4.69, 9.17) is 0 Å². The van der Waals surface area contributed by atoms with Crippen LogP contribution in [0.25, 0.3) is 11.0 Å². The zero-order valence-corrected chi connectivity index (χ0v) is 10.9. The first-order valence-corrected chi connectivity index (χ1v) is 5.88. The van der Waals surface area contributed by atoms with Crippen molar-refractivity contribution in [3.8, 4) is 0 Å². The van der Waals surface area contributed by atoms with Gasteiger partial charge in [-0.15, -0.1) is 0 Å². The predicted molar refractivity (Wildman–Crippen MR) is 67.0 cm³/mol. The Morgan fingerprint density at radius 3 is 2.37 bits per heavy atom. The number of nitrogens with zero attached hydrogens (tertiary/aromatic N) is 1. The van der Waals surface area contributed by atoms with Crippen molar-refractivity contribution >= 4 is 11.0 Å². The maximum absolute atomic E-state index is 12.9. The van der Waals surface area contributed by atoms with Crippen molar-refractivity contribution in [3.05, 3.63) is 34.2 Å². The molecule has 2 rings (SSSR count). The Hall–Kier alpha value is -1.72. The first-order valence-electron chi connectivity index (χ1n) is 5.88. The number of hydrogen-bond donors (Lipinski definition) is 1. The molecule has 3 nitrogen and oxygen atoms in total. The van der Waals surface area contributed by atoms with Crippen LogP contribution in [0.4, 0.5) is 13.2 Å². The molecule has 1 aromatic carbocycles. The first kappa shape index (κ1) is 13.7. The molecular formula is C13H15F3N2O. The normalized spacial score (nSPS) is 13.2. The maximum Gasteiger partial charge on any atom is 0.418 e. The van der Waals surface area contributed by atoms with Gasteiger partial charge in [-0.1, -0.05) is 26.8 Å². The Morgan fingerprint density at radius 1 is 1.21 bits per heavy atom. The number of H-pyrrole nitrogens is 1. The van der Waals surface area contributed by atoms with Gasteiger partial charge in [0.05, 0.1) is 16.6 Å². The summed E-state index contributed by atoms with van der Waals surface area (Å²) in [5, 5.41) is 0. The summed E-state index contributed by atoms with van der Waals surface area (Å²) in [6, 6.07) is 3.81. The second-order valence-electron chi connectivity index (χ2n) is 5.77. The lowest BCUT2D eigenvalue weighted by molar-refractivity contribution is -0.136. The zero-order valence-electron chi connectivity index (χ0n) is 10.9. The van der Waals surface area contributed by atoms with Crippen LogP contribution in [0.3, 0.4) is 0 Å². The van der Waals surface area contributed by atoms with Crippen LogP contribution in [0.2, 0.25) is 0 Å². The number of alkyl halides is 3. The van der Waals surface area contributed by atoms with Crippen molar-refractivity contribution in [2.75, 3.05) is 0 Å². The number of rotatable bonds is 1. The predicted octanol–water partition coefficient (Wildman–Crippen LogP) is 3.39. The van der Waals surface area contributed by atoms with E-state index in [2.05, 4.69) is 4.98 Å². The van der Waals surface area contributed by atoms with Crippen molar-refractivity contribution in [1.82, 2.24) is 9.55 Å². The molecule has 1 aromatic heterocycles. The monoisotopic (exact) mass is 272 g/mol. The summed E-state index contributed by atoms with van der Waals surface area (Å²) in [5.74, 6) is 0. The molecule has 0 aliphatic heterocycles. The molecule has 0 aliphatic rings. The number of hydrogen-bond acceptors (Lipinski definition) is 1. The van der Waals surface area contributed by atoms with E-state index in [-0.39, 0.29) is 16.4 Å². The van der Waals surface area contributed by atoms with Gasteiger partial charge in [-0.3, -0.25) is 4.57 Å². The van der Waals surface area contributed by atoms with Gasteiger partial charge in [0.25, 0.3) is 0 Å². The van der Waals surface area contributed by atoms with Crippen LogP contribution in [0.1, 0.15) is 26.3 Å². The SMILES string of the molecule is CC(C)(C)Cn1c(=O)[nH]c2c(C(F)(F)F)cccc21. The molecule has 0 amide bonds. The van der Waals surface area contributed by atoms with Gasteiger partial charge in [-0.05, 0) is 17.5 Å². The molecule has 0 fully saturated rings. The molecule has 19 heavy (non-hydrogen) atoms. The van der Waals surface area contributed by atoms with Crippen molar-refractivity contribution in [1.29, 1.82) is 0 Å². The molecule has 0 bridgehead atoms. The fraction of sp³-hybridized carbons (Fsp3) is 0.462. The van der Waals surface area contributed by atoms with Crippen molar-refractivity contribution in [2.45, 2.75) is 33.5 Å². The van der Waals surface area contributed by atoms with E-state index < -0.39 is 17.4 Å². The second kappa shape index (κ2) is 4.15. The fourth-order valence-corrected chi connectivity index (χ4v) is 2.05. The van der Waals surface area contributed by atoms with Crippen LogP contribution in [-0.2, 0) is 12.7 Å². The third-order valence-electron chi connectivity index (χ3n) is 2.75. The van der Waals surface area contributed by atoms with E-state index >= 15 is 0 Å². The molecule has 0 aliphatic carbocycles. The second-order valence-corrected chi connectivity index (χ2v) is 5.77. The van der Waals surface area contributed by atoms with Gasteiger partial charge in [-0.2, -0.15) is 13.2 Å². The van der Waals surface area contributed by atoms with E-state index in [1.807, 2.05) is 20.8 Å². The third-order valence-corrected chi connectivity index (χ3v) is 2.75. The van der Waals surface area contributed by atoms with Crippen LogP contribution < -0.4 is 5.69 Å². The third kappa shape index (κ3) is 2.67. The Labute approximate surface area is 108 Å². The van der Waals surface area contributed by atoms with Crippen LogP contribution in [0, 0.1) is 5.41 Å². The molecule has 1 heterocycles. The van der Waals surface area contributed by atoms with E-state index in [0.29, 0.717) is 6.54 Å². The number of fused-ring (bicyclic) bond motifs is 1. The first-order chi connectivity index (χ1) is 8.59. The molecule has 0 atom stereocenters. The number of imidazole rings is 1. The number of nitrogens with one attached hydrogen (secondary N) is 1. The maximum atomic E-state index is 12.9. The van der Waals surface area contributed by atoms with Gasteiger partial charge in [0.2, 0.25) is 0 Å². The summed E-state index contributed by atoms with van der Waals surface area (Å²) in [6.07, 6.45) is -4.48. The molecule has 0 spiro atoms.